The zero-order valence-corrected chi connectivity index (χ0v) is 16.4. The highest BCUT2D eigenvalue weighted by Crippen LogP contribution is 2.33. The summed E-state index contributed by atoms with van der Waals surface area (Å²) in [6.45, 7) is 1.58. The number of alkyl halides is 3. The smallest absolute Gasteiger partial charge is 0.416 e. The van der Waals surface area contributed by atoms with Gasteiger partial charge in [0, 0.05) is 48.3 Å². The molecule has 5 nitrogen and oxygen atoms in total. The zero-order chi connectivity index (χ0) is 21.3. The van der Waals surface area contributed by atoms with Crippen LogP contribution in [0.5, 0.6) is 5.75 Å². The Morgan fingerprint density at radius 2 is 2.03 bits per heavy atom. The largest absolute Gasteiger partial charge is 0.497 e. The van der Waals surface area contributed by atoms with E-state index < -0.39 is 17.6 Å². The summed E-state index contributed by atoms with van der Waals surface area (Å²) in [6, 6.07) is 10.9. The van der Waals surface area contributed by atoms with Gasteiger partial charge in [0.1, 0.15) is 5.75 Å². The van der Waals surface area contributed by atoms with Crippen molar-refractivity contribution in [1.29, 1.82) is 0 Å². The van der Waals surface area contributed by atoms with Crippen LogP contribution >= 0.6 is 0 Å². The molecule has 0 aliphatic carbocycles. The minimum absolute atomic E-state index is 0.0106. The van der Waals surface area contributed by atoms with E-state index in [1.54, 1.807) is 4.90 Å². The van der Waals surface area contributed by atoms with Gasteiger partial charge < -0.3 is 19.9 Å². The summed E-state index contributed by atoms with van der Waals surface area (Å²) in [5.41, 5.74) is 1.16. The molecule has 4 rings (SSSR count). The summed E-state index contributed by atoms with van der Waals surface area (Å²) in [5, 5.41) is 4.36. The molecule has 2 heterocycles. The summed E-state index contributed by atoms with van der Waals surface area (Å²) in [7, 11) is 1.29. The van der Waals surface area contributed by atoms with Crippen molar-refractivity contribution in [3.8, 4) is 5.75 Å². The highest BCUT2D eigenvalue weighted by molar-refractivity contribution is 5.95. The van der Waals surface area contributed by atoms with Gasteiger partial charge in [-0.3, -0.25) is 4.79 Å². The number of benzene rings is 2. The molecular weight excluding hydrogens is 395 g/mol. The van der Waals surface area contributed by atoms with Crippen LogP contribution in [0.2, 0.25) is 0 Å². The molecule has 1 amide bonds. The van der Waals surface area contributed by atoms with E-state index >= 15 is 0 Å². The predicted molar refractivity (Wildman–Crippen MR) is 108 cm³/mol. The molecule has 1 fully saturated rings. The van der Waals surface area contributed by atoms with Crippen molar-refractivity contribution in [2.45, 2.75) is 18.6 Å². The number of carbonyl (C=O) groups excluding carboxylic acids is 1. The fourth-order valence-corrected chi connectivity index (χ4v) is 3.93. The summed E-state index contributed by atoms with van der Waals surface area (Å²) < 4.78 is 44.8. The number of hydrogen-bond acceptors (Lipinski definition) is 3. The molecule has 0 spiro atoms. The van der Waals surface area contributed by atoms with E-state index in [9.17, 15) is 18.0 Å². The molecule has 0 bridgehead atoms. The van der Waals surface area contributed by atoms with E-state index in [-0.39, 0.29) is 17.4 Å². The van der Waals surface area contributed by atoms with Crippen LogP contribution in [0.4, 0.5) is 13.2 Å². The first-order valence-corrected chi connectivity index (χ1v) is 9.70. The Morgan fingerprint density at radius 1 is 1.23 bits per heavy atom. The minimum Gasteiger partial charge on any atom is -0.497 e. The maximum Gasteiger partial charge on any atom is 0.416 e. The van der Waals surface area contributed by atoms with Gasteiger partial charge in [-0.15, -0.1) is 0 Å². The molecule has 8 heteroatoms. The van der Waals surface area contributed by atoms with Gasteiger partial charge in [-0.2, -0.15) is 13.2 Å². The zero-order valence-electron chi connectivity index (χ0n) is 16.4. The molecule has 1 saturated heterocycles. The lowest BCUT2D eigenvalue weighted by molar-refractivity contribution is -0.137. The standard InChI is InChI=1S/C22H22F3N3O2/c1-30-18-10-14(8-16(11-18)22(23,24)25)21(29)28-7-6-26-13-17(28)9-15-12-27-20-5-3-2-4-19(15)20/h2-5,8,10-12,17,26-27H,6-7,9,13H2,1H3/t17-/m1/s1. The molecule has 0 saturated carbocycles. The molecule has 0 radical (unpaired) electrons. The molecule has 30 heavy (non-hydrogen) atoms. The third kappa shape index (κ3) is 4.00. The number of H-pyrrole nitrogens is 1. The van der Waals surface area contributed by atoms with Gasteiger partial charge in [-0.1, -0.05) is 18.2 Å². The summed E-state index contributed by atoms with van der Waals surface area (Å²) in [4.78, 5) is 18.1. The van der Waals surface area contributed by atoms with Gasteiger partial charge in [-0.05, 0) is 36.2 Å². The molecule has 3 aromatic rings. The highest BCUT2D eigenvalue weighted by atomic mass is 19.4. The van der Waals surface area contributed by atoms with E-state index in [4.69, 9.17) is 4.74 Å². The molecule has 1 aliphatic heterocycles. The minimum atomic E-state index is -4.56. The number of nitrogens with zero attached hydrogens (tertiary/aromatic N) is 1. The quantitative estimate of drug-likeness (QED) is 0.678. The average Bonchev–Trinajstić information content (AvgIpc) is 3.15. The molecular formula is C22H22F3N3O2. The van der Waals surface area contributed by atoms with Gasteiger partial charge in [-0.25, -0.2) is 0 Å². The summed E-state index contributed by atoms with van der Waals surface area (Å²) in [6.07, 6.45) is -2.04. The van der Waals surface area contributed by atoms with Crippen molar-refractivity contribution in [3.05, 3.63) is 65.4 Å². The third-order valence-corrected chi connectivity index (χ3v) is 5.46. The van der Waals surface area contributed by atoms with E-state index in [0.717, 1.165) is 28.6 Å². The van der Waals surface area contributed by atoms with Gasteiger partial charge in [0.15, 0.2) is 0 Å². The van der Waals surface area contributed by atoms with Crippen molar-refractivity contribution in [2.24, 2.45) is 0 Å². The molecule has 1 atom stereocenters. The van der Waals surface area contributed by atoms with E-state index in [2.05, 4.69) is 10.3 Å². The lowest BCUT2D eigenvalue weighted by Gasteiger charge is -2.36. The first kappa shape index (κ1) is 20.3. The number of hydrogen-bond donors (Lipinski definition) is 2. The van der Waals surface area contributed by atoms with Crippen LogP contribution in [-0.4, -0.2) is 48.6 Å². The average molecular weight is 417 g/mol. The number of nitrogens with one attached hydrogen (secondary N) is 2. The number of aromatic nitrogens is 1. The highest BCUT2D eigenvalue weighted by Gasteiger charge is 2.34. The maximum absolute atomic E-state index is 13.3. The fourth-order valence-electron chi connectivity index (χ4n) is 3.93. The van der Waals surface area contributed by atoms with E-state index in [0.29, 0.717) is 26.1 Å². The van der Waals surface area contributed by atoms with Crippen LogP contribution in [0.1, 0.15) is 21.5 Å². The Balaban J connectivity index is 1.63. The molecule has 2 N–H and O–H groups in total. The van der Waals surface area contributed by atoms with Crippen molar-refractivity contribution in [1.82, 2.24) is 15.2 Å². The molecule has 2 aromatic carbocycles. The fraction of sp³-hybridized carbons (Fsp3) is 0.318. The predicted octanol–water partition coefficient (Wildman–Crippen LogP) is 3.85. The van der Waals surface area contributed by atoms with Gasteiger partial charge in [0.2, 0.25) is 0 Å². The second-order valence-corrected chi connectivity index (χ2v) is 7.37. The van der Waals surface area contributed by atoms with Crippen LogP contribution < -0.4 is 10.1 Å². The van der Waals surface area contributed by atoms with Gasteiger partial charge in [0.05, 0.1) is 12.7 Å². The SMILES string of the molecule is COc1cc(C(=O)N2CCNC[C@H]2Cc2c[nH]c3ccccc23)cc(C(F)(F)F)c1. The summed E-state index contributed by atoms with van der Waals surface area (Å²) >= 11 is 0. The Labute approximate surface area is 171 Å². The van der Waals surface area contributed by atoms with Gasteiger partial charge in [0.25, 0.3) is 5.91 Å². The topological polar surface area (TPSA) is 57.4 Å². The number of amides is 1. The lowest BCUT2D eigenvalue weighted by atomic mass is 10.0. The van der Waals surface area contributed by atoms with Crippen molar-refractivity contribution in [3.63, 3.8) is 0 Å². The number of methoxy groups -OCH3 is 1. The Kier molecular flexibility index (Phi) is 5.42. The number of rotatable bonds is 4. The van der Waals surface area contributed by atoms with E-state index in [1.165, 1.54) is 13.2 Å². The number of carbonyl (C=O) groups is 1. The van der Waals surface area contributed by atoms with Crippen molar-refractivity contribution < 1.29 is 22.7 Å². The Bertz CT molecular complexity index is 1060. The number of piperazine rings is 1. The maximum atomic E-state index is 13.3. The van der Waals surface area contributed by atoms with Crippen LogP contribution in [0.25, 0.3) is 10.9 Å². The second kappa shape index (κ2) is 8.02. The van der Waals surface area contributed by atoms with Crippen LogP contribution in [0, 0.1) is 0 Å². The molecule has 158 valence electrons. The molecule has 1 aliphatic rings. The normalized spacial score (nSPS) is 17.3. The monoisotopic (exact) mass is 417 g/mol. The summed E-state index contributed by atoms with van der Waals surface area (Å²) in [5.74, 6) is -0.415. The Morgan fingerprint density at radius 3 is 2.80 bits per heavy atom. The number of fused-ring (bicyclic) bond motifs is 1. The van der Waals surface area contributed by atoms with Gasteiger partial charge >= 0.3 is 6.18 Å². The number of ether oxygens (including phenoxy) is 1. The van der Waals surface area contributed by atoms with Crippen LogP contribution in [0.15, 0.2) is 48.7 Å². The molecule has 0 unspecified atom stereocenters. The second-order valence-electron chi connectivity index (χ2n) is 7.37. The van der Waals surface area contributed by atoms with Crippen LogP contribution in [-0.2, 0) is 12.6 Å². The lowest BCUT2D eigenvalue weighted by Crippen LogP contribution is -2.54. The van der Waals surface area contributed by atoms with Crippen molar-refractivity contribution >= 4 is 16.8 Å². The Hall–Kier alpha value is -3.00. The van der Waals surface area contributed by atoms with E-state index in [1.807, 2.05) is 30.5 Å². The molecule has 1 aromatic heterocycles. The number of halogens is 3. The first-order chi connectivity index (χ1) is 14.4. The van der Waals surface area contributed by atoms with Crippen molar-refractivity contribution in [2.75, 3.05) is 26.7 Å². The third-order valence-electron chi connectivity index (χ3n) is 5.46. The van der Waals surface area contributed by atoms with Crippen LogP contribution in [0.3, 0.4) is 0 Å². The number of para-hydroxylation sites is 1. The first-order valence-electron chi connectivity index (χ1n) is 9.70. The number of aromatic amines is 1.